The van der Waals surface area contributed by atoms with E-state index >= 15 is 0 Å². The standard InChI is InChI=1S/C14H20ClFN2O2/c1-8(2)9(3)18-14(20)17-7-13(19)10-4-5-11(15)12(16)6-10/h4-6,8-9,13,19H,7H2,1-3H3,(H2,17,18,20). The number of halogens is 2. The van der Waals surface area contributed by atoms with E-state index in [1.165, 1.54) is 12.1 Å². The van der Waals surface area contributed by atoms with Gasteiger partial charge < -0.3 is 15.7 Å². The molecular formula is C14H20ClFN2O2. The topological polar surface area (TPSA) is 61.4 Å². The van der Waals surface area contributed by atoms with Crippen molar-refractivity contribution in [2.75, 3.05) is 6.54 Å². The van der Waals surface area contributed by atoms with Crippen LogP contribution in [0.3, 0.4) is 0 Å². The first-order chi connectivity index (χ1) is 9.31. The van der Waals surface area contributed by atoms with E-state index in [0.717, 1.165) is 6.07 Å². The van der Waals surface area contributed by atoms with E-state index in [4.69, 9.17) is 11.6 Å². The zero-order valence-corrected chi connectivity index (χ0v) is 12.5. The lowest BCUT2D eigenvalue weighted by atomic mass is 10.1. The van der Waals surface area contributed by atoms with Crippen LogP contribution in [0, 0.1) is 11.7 Å². The maximum absolute atomic E-state index is 13.3. The van der Waals surface area contributed by atoms with Gasteiger partial charge in [-0.25, -0.2) is 9.18 Å². The van der Waals surface area contributed by atoms with Crippen LogP contribution in [-0.4, -0.2) is 23.7 Å². The molecule has 20 heavy (non-hydrogen) atoms. The van der Waals surface area contributed by atoms with Crippen molar-refractivity contribution in [2.45, 2.75) is 32.9 Å². The lowest BCUT2D eigenvalue weighted by molar-refractivity contribution is 0.171. The average Bonchev–Trinajstić information content (AvgIpc) is 2.39. The third-order valence-electron chi connectivity index (χ3n) is 3.14. The molecule has 1 aromatic rings. The molecule has 0 saturated heterocycles. The highest BCUT2D eigenvalue weighted by Crippen LogP contribution is 2.19. The average molecular weight is 303 g/mol. The zero-order chi connectivity index (χ0) is 15.3. The molecule has 1 rings (SSSR count). The number of benzene rings is 1. The van der Waals surface area contributed by atoms with Crippen LogP contribution in [0.25, 0.3) is 0 Å². The van der Waals surface area contributed by atoms with E-state index in [1.54, 1.807) is 0 Å². The molecule has 0 fully saturated rings. The summed E-state index contributed by atoms with van der Waals surface area (Å²) in [5.74, 6) is -0.280. The van der Waals surface area contributed by atoms with Crippen LogP contribution in [0.5, 0.6) is 0 Å². The van der Waals surface area contributed by atoms with Gasteiger partial charge in [0.25, 0.3) is 0 Å². The second-order valence-electron chi connectivity index (χ2n) is 5.08. The molecule has 2 amide bonds. The number of carbonyl (C=O) groups excluding carboxylic acids is 1. The fourth-order valence-electron chi connectivity index (χ4n) is 1.45. The lowest BCUT2D eigenvalue weighted by Crippen LogP contribution is -2.44. The van der Waals surface area contributed by atoms with E-state index in [2.05, 4.69) is 10.6 Å². The number of nitrogens with one attached hydrogen (secondary N) is 2. The number of rotatable bonds is 5. The fraction of sp³-hybridized carbons (Fsp3) is 0.500. The number of hydrogen-bond acceptors (Lipinski definition) is 2. The molecule has 2 atom stereocenters. The van der Waals surface area contributed by atoms with Gasteiger partial charge in [0, 0.05) is 12.6 Å². The summed E-state index contributed by atoms with van der Waals surface area (Å²) in [6.45, 7) is 5.89. The van der Waals surface area contributed by atoms with Gasteiger partial charge >= 0.3 is 6.03 Å². The van der Waals surface area contributed by atoms with Gasteiger partial charge in [0.05, 0.1) is 11.1 Å². The van der Waals surface area contributed by atoms with Crippen LogP contribution >= 0.6 is 11.6 Å². The van der Waals surface area contributed by atoms with Crippen molar-refractivity contribution < 1.29 is 14.3 Å². The molecule has 0 bridgehead atoms. The predicted octanol–water partition coefficient (Wildman–Crippen LogP) is 2.86. The van der Waals surface area contributed by atoms with E-state index in [0.29, 0.717) is 11.5 Å². The summed E-state index contributed by atoms with van der Waals surface area (Å²) in [6, 6.07) is 3.71. The summed E-state index contributed by atoms with van der Waals surface area (Å²) < 4.78 is 13.3. The van der Waals surface area contributed by atoms with Gasteiger partial charge in [0.2, 0.25) is 0 Å². The van der Waals surface area contributed by atoms with E-state index in [-0.39, 0.29) is 23.6 Å². The van der Waals surface area contributed by atoms with Crippen molar-refractivity contribution in [3.8, 4) is 0 Å². The number of carbonyl (C=O) groups is 1. The van der Waals surface area contributed by atoms with Gasteiger partial charge in [-0.3, -0.25) is 0 Å². The number of amides is 2. The minimum absolute atomic E-state index is 0.00226. The Balaban J connectivity index is 2.48. The molecular weight excluding hydrogens is 283 g/mol. The van der Waals surface area contributed by atoms with Gasteiger partial charge in [0.1, 0.15) is 5.82 Å². The Hall–Kier alpha value is -1.33. The minimum Gasteiger partial charge on any atom is -0.387 e. The van der Waals surface area contributed by atoms with Crippen molar-refractivity contribution in [1.82, 2.24) is 10.6 Å². The van der Waals surface area contributed by atoms with Crippen molar-refractivity contribution in [3.63, 3.8) is 0 Å². The van der Waals surface area contributed by atoms with Crippen molar-refractivity contribution >= 4 is 17.6 Å². The quantitative estimate of drug-likeness (QED) is 0.783. The summed E-state index contributed by atoms with van der Waals surface area (Å²) in [7, 11) is 0. The Morgan fingerprint density at radius 1 is 1.40 bits per heavy atom. The van der Waals surface area contributed by atoms with E-state index in [9.17, 15) is 14.3 Å². The van der Waals surface area contributed by atoms with Gasteiger partial charge in [-0.15, -0.1) is 0 Å². The van der Waals surface area contributed by atoms with Crippen LogP contribution in [0.4, 0.5) is 9.18 Å². The van der Waals surface area contributed by atoms with Gasteiger partial charge in [0.15, 0.2) is 0 Å². The van der Waals surface area contributed by atoms with Crippen molar-refractivity contribution in [2.24, 2.45) is 5.92 Å². The maximum Gasteiger partial charge on any atom is 0.315 e. The summed E-state index contributed by atoms with van der Waals surface area (Å²) in [5, 5.41) is 15.2. The first-order valence-corrected chi connectivity index (χ1v) is 6.86. The summed E-state index contributed by atoms with van der Waals surface area (Å²) in [4.78, 5) is 11.6. The molecule has 0 aliphatic carbocycles. The maximum atomic E-state index is 13.3. The number of aliphatic hydroxyl groups excluding tert-OH is 1. The zero-order valence-electron chi connectivity index (χ0n) is 11.8. The highest BCUT2D eigenvalue weighted by molar-refractivity contribution is 6.30. The summed E-state index contributed by atoms with van der Waals surface area (Å²) in [6.07, 6.45) is -0.984. The summed E-state index contributed by atoms with van der Waals surface area (Å²) in [5.41, 5.74) is 0.365. The number of aliphatic hydroxyl groups is 1. The van der Waals surface area contributed by atoms with Crippen molar-refractivity contribution in [3.05, 3.63) is 34.6 Å². The molecule has 0 heterocycles. The fourth-order valence-corrected chi connectivity index (χ4v) is 1.57. The van der Waals surface area contributed by atoms with Gasteiger partial charge in [-0.05, 0) is 30.5 Å². The van der Waals surface area contributed by atoms with Crippen LogP contribution in [-0.2, 0) is 0 Å². The second-order valence-corrected chi connectivity index (χ2v) is 5.48. The second kappa shape index (κ2) is 7.45. The molecule has 0 aromatic heterocycles. The molecule has 6 heteroatoms. The molecule has 4 nitrogen and oxygen atoms in total. The molecule has 2 unspecified atom stereocenters. The smallest absolute Gasteiger partial charge is 0.315 e. The highest BCUT2D eigenvalue weighted by atomic mass is 35.5. The Bertz CT molecular complexity index is 468. The molecule has 1 aromatic carbocycles. The Morgan fingerprint density at radius 2 is 2.05 bits per heavy atom. The van der Waals surface area contributed by atoms with Crippen LogP contribution in [0.2, 0.25) is 5.02 Å². The SMILES string of the molecule is CC(C)C(C)NC(=O)NCC(O)c1ccc(Cl)c(F)c1. The van der Waals surface area contributed by atoms with Crippen LogP contribution < -0.4 is 10.6 Å². The normalized spacial score (nSPS) is 13.9. The molecule has 0 radical (unpaired) electrons. The van der Waals surface area contributed by atoms with E-state index in [1.807, 2.05) is 20.8 Å². The lowest BCUT2D eigenvalue weighted by Gasteiger charge is -2.19. The Kier molecular flexibility index (Phi) is 6.23. The highest BCUT2D eigenvalue weighted by Gasteiger charge is 2.14. The van der Waals surface area contributed by atoms with Crippen molar-refractivity contribution in [1.29, 1.82) is 0 Å². The third-order valence-corrected chi connectivity index (χ3v) is 3.45. The molecule has 0 spiro atoms. The Morgan fingerprint density at radius 3 is 2.60 bits per heavy atom. The van der Waals surface area contributed by atoms with E-state index < -0.39 is 11.9 Å². The largest absolute Gasteiger partial charge is 0.387 e. The molecule has 0 saturated carbocycles. The minimum atomic E-state index is -0.984. The predicted molar refractivity (Wildman–Crippen MR) is 77.2 cm³/mol. The Labute approximate surface area is 123 Å². The molecule has 0 aliphatic heterocycles. The monoisotopic (exact) mass is 302 g/mol. The first-order valence-electron chi connectivity index (χ1n) is 6.48. The first kappa shape index (κ1) is 16.7. The molecule has 0 aliphatic rings. The third kappa shape index (κ3) is 4.98. The number of urea groups is 1. The van der Waals surface area contributed by atoms with Crippen LogP contribution in [0.15, 0.2) is 18.2 Å². The van der Waals surface area contributed by atoms with Gasteiger partial charge in [-0.2, -0.15) is 0 Å². The summed E-state index contributed by atoms with van der Waals surface area (Å²) >= 11 is 5.56. The molecule has 112 valence electrons. The number of hydrogen-bond donors (Lipinski definition) is 3. The van der Waals surface area contributed by atoms with Crippen LogP contribution in [0.1, 0.15) is 32.4 Å². The molecule has 3 N–H and O–H groups in total. The van der Waals surface area contributed by atoms with Gasteiger partial charge in [-0.1, -0.05) is 31.5 Å².